The first-order valence-electron chi connectivity index (χ1n) is 11.2. The molecule has 2 saturated heterocycles. The van der Waals surface area contributed by atoms with E-state index in [1.54, 1.807) is 0 Å². The van der Waals surface area contributed by atoms with Gasteiger partial charge in [-0.05, 0) is 45.3 Å². The normalized spacial score (nSPS) is 26.0. The van der Waals surface area contributed by atoms with Crippen molar-refractivity contribution in [3.63, 3.8) is 0 Å². The molecule has 1 aromatic carbocycles. The second-order valence-electron chi connectivity index (χ2n) is 9.58. The van der Waals surface area contributed by atoms with E-state index in [4.69, 9.17) is 4.74 Å². The number of amides is 1. The van der Waals surface area contributed by atoms with E-state index >= 15 is 0 Å². The maximum Gasteiger partial charge on any atom is 0.312 e. The Balaban J connectivity index is 1.47. The van der Waals surface area contributed by atoms with Crippen molar-refractivity contribution in [1.29, 1.82) is 0 Å². The van der Waals surface area contributed by atoms with Gasteiger partial charge in [0.2, 0.25) is 5.91 Å². The van der Waals surface area contributed by atoms with E-state index in [2.05, 4.69) is 17.0 Å². The van der Waals surface area contributed by atoms with E-state index in [0.717, 1.165) is 57.1 Å². The van der Waals surface area contributed by atoms with Gasteiger partial charge in [0.05, 0.1) is 10.8 Å². The van der Waals surface area contributed by atoms with Crippen LogP contribution in [0.5, 0.6) is 0 Å². The van der Waals surface area contributed by atoms with Gasteiger partial charge in [-0.3, -0.25) is 9.59 Å². The maximum atomic E-state index is 13.8. The Morgan fingerprint density at radius 3 is 2.34 bits per heavy atom. The Morgan fingerprint density at radius 1 is 1.07 bits per heavy atom. The SMILES string of the molecule is CN(C)CC1CC2(CCN(C(=O)C3(c4ccccc4)CCCCC3)CC2)C(=O)O1. The predicted molar refractivity (Wildman–Crippen MR) is 113 cm³/mol. The number of likely N-dealkylation sites (N-methyl/N-ethyl adjacent to an activating group) is 1. The molecule has 0 radical (unpaired) electrons. The van der Waals surface area contributed by atoms with Crippen molar-refractivity contribution in [2.45, 2.75) is 62.9 Å². The minimum Gasteiger partial charge on any atom is -0.461 e. The van der Waals surface area contributed by atoms with Crippen LogP contribution in [0.3, 0.4) is 0 Å². The molecule has 2 heterocycles. The van der Waals surface area contributed by atoms with Crippen molar-refractivity contribution in [1.82, 2.24) is 9.80 Å². The van der Waals surface area contributed by atoms with Gasteiger partial charge < -0.3 is 14.5 Å². The highest BCUT2D eigenvalue weighted by Crippen LogP contribution is 2.46. The summed E-state index contributed by atoms with van der Waals surface area (Å²) in [5.74, 6) is 0.223. The number of piperidine rings is 1. The average Bonchev–Trinajstić information content (AvgIpc) is 3.02. The van der Waals surface area contributed by atoms with Crippen LogP contribution in [-0.2, 0) is 19.7 Å². The Bertz CT molecular complexity index is 732. The molecule has 1 atom stereocenters. The lowest BCUT2D eigenvalue weighted by Crippen LogP contribution is -2.52. The van der Waals surface area contributed by atoms with Crippen LogP contribution in [0.2, 0.25) is 0 Å². The number of nitrogens with zero attached hydrogens (tertiary/aromatic N) is 2. The Hall–Kier alpha value is -1.88. The second-order valence-corrected chi connectivity index (χ2v) is 9.58. The van der Waals surface area contributed by atoms with E-state index in [1.165, 1.54) is 6.42 Å². The summed E-state index contributed by atoms with van der Waals surface area (Å²) in [6.45, 7) is 2.10. The smallest absolute Gasteiger partial charge is 0.312 e. The standard InChI is InChI=1S/C24H34N2O3/c1-25(2)18-20-17-23(22(28)29-20)13-15-26(16-14-23)21(27)24(11-7-4-8-12-24)19-9-5-3-6-10-19/h3,5-6,9-10,20H,4,7-8,11-18H2,1-2H3. The first-order chi connectivity index (χ1) is 14.0. The third-order valence-corrected chi connectivity index (χ3v) is 7.34. The lowest BCUT2D eigenvalue weighted by molar-refractivity contribution is -0.154. The number of likely N-dealkylation sites (tertiary alicyclic amines) is 1. The van der Waals surface area contributed by atoms with Gasteiger partial charge in [0, 0.05) is 26.1 Å². The van der Waals surface area contributed by atoms with Gasteiger partial charge in [0.25, 0.3) is 0 Å². The van der Waals surface area contributed by atoms with Crippen molar-refractivity contribution in [2.24, 2.45) is 5.41 Å². The monoisotopic (exact) mass is 398 g/mol. The molecule has 1 amide bonds. The zero-order chi connectivity index (χ0) is 20.5. The van der Waals surface area contributed by atoms with E-state index in [9.17, 15) is 9.59 Å². The van der Waals surface area contributed by atoms with Crippen LogP contribution in [0.4, 0.5) is 0 Å². The highest BCUT2D eigenvalue weighted by molar-refractivity contribution is 5.89. The Labute approximate surface area is 174 Å². The average molecular weight is 399 g/mol. The third-order valence-electron chi connectivity index (χ3n) is 7.34. The number of hydrogen-bond acceptors (Lipinski definition) is 4. The zero-order valence-electron chi connectivity index (χ0n) is 17.9. The number of carbonyl (C=O) groups excluding carboxylic acids is 2. The number of hydrogen-bond donors (Lipinski definition) is 0. The molecule has 5 heteroatoms. The van der Waals surface area contributed by atoms with Crippen molar-refractivity contribution >= 4 is 11.9 Å². The minimum atomic E-state index is -0.385. The zero-order valence-corrected chi connectivity index (χ0v) is 17.9. The first-order valence-corrected chi connectivity index (χ1v) is 11.2. The van der Waals surface area contributed by atoms with E-state index < -0.39 is 0 Å². The molecular weight excluding hydrogens is 364 g/mol. The molecule has 1 aromatic rings. The molecule has 5 nitrogen and oxygen atoms in total. The number of benzene rings is 1. The lowest BCUT2D eigenvalue weighted by atomic mass is 9.67. The molecule has 1 spiro atoms. The van der Waals surface area contributed by atoms with Crippen LogP contribution in [0.25, 0.3) is 0 Å². The summed E-state index contributed by atoms with van der Waals surface area (Å²) in [6.07, 6.45) is 7.52. The third kappa shape index (κ3) is 3.81. The van der Waals surface area contributed by atoms with Gasteiger partial charge in [-0.15, -0.1) is 0 Å². The fraction of sp³-hybridized carbons (Fsp3) is 0.667. The van der Waals surface area contributed by atoms with Crippen LogP contribution in [-0.4, -0.2) is 61.5 Å². The molecule has 4 rings (SSSR count). The summed E-state index contributed by atoms with van der Waals surface area (Å²) < 4.78 is 5.68. The largest absolute Gasteiger partial charge is 0.461 e. The van der Waals surface area contributed by atoms with Gasteiger partial charge in [-0.2, -0.15) is 0 Å². The van der Waals surface area contributed by atoms with Crippen LogP contribution < -0.4 is 0 Å². The van der Waals surface area contributed by atoms with Gasteiger partial charge in [0.1, 0.15) is 6.10 Å². The van der Waals surface area contributed by atoms with Crippen LogP contribution in [0, 0.1) is 5.41 Å². The lowest BCUT2D eigenvalue weighted by Gasteiger charge is -2.44. The number of cyclic esters (lactones) is 1. The highest BCUT2D eigenvalue weighted by Gasteiger charge is 2.52. The van der Waals surface area contributed by atoms with E-state index in [-0.39, 0.29) is 28.8 Å². The number of carbonyl (C=O) groups is 2. The maximum absolute atomic E-state index is 13.8. The predicted octanol–water partition coefficient (Wildman–Crippen LogP) is 3.37. The van der Waals surface area contributed by atoms with Crippen LogP contribution in [0.15, 0.2) is 30.3 Å². The number of rotatable bonds is 4. The molecule has 0 bridgehead atoms. The number of esters is 1. The molecule has 0 aromatic heterocycles. The molecule has 158 valence electrons. The summed E-state index contributed by atoms with van der Waals surface area (Å²) in [4.78, 5) is 30.5. The second kappa shape index (κ2) is 8.10. The minimum absolute atomic E-state index is 0.0197. The van der Waals surface area contributed by atoms with Gasteiger partial charge in [-0.1, -0.05) is 49.6 Å². The molecule has 29 heavy (non-hydrogen) atoms. The van der Waals surface area contributed by atoms with Crippen LogP contribution >= 0.6 is 0 Å². The Kier molecular flexibility index (Phi) is 5.69. The summed E-state index contributed by atoms with van der Waals surface area (Å²) in [6, 6.07) is 10.3. The Morgan fingerprint density at radius 2 is 1.72 bits per heavy atom. The molecule has 0 N–H and O–H groups in total. The van der Waals surface area contributed by atoms with E-state index in [1.807, 2.05) is 37.2 Å². The molecule has 1 saturated carbocycles. The van der Waals surface area contributed by atoms with E-state index in [0.29, 0.717) is 13.1 Å². The first kappa shape index (κ1) is 20.4. The summed E-state index contributed by atoms with van der Waals surface area (Å²) >= 11 is 0. The van der Waals surface area contributed by atoms with Gasteiger partial charge in [0.15, 0.2) is 0 Å². The van der Waals surface area contributed by atoms with Gasteiger partial charge >= 0.3 is 5.97 Å². The summed E-state index contributed by atoms with van der Waals surface area (Å²) in [5, 5.41) is 0. The quantitative estimate of drug-likeness (QED) is 0.730. The van der Waals surface area contributed by atoms with Crippen molar-refractivity contribution in [3.05, 3.63) is 35.9 Å². The molecule has 1 unspecified atom stereocenters. The number of ether oxygens (including phenoxy) is 1. The molecule has 3 aliphatic rings. The van der Waals surface area contributed by atoms with Crippen molar-refractivity contribution in [3.8, 4) is 0 Å². The highest BCUT2D eigenvalue weighted by atomic mass is 16.6. The topological polar surface area (TPSA) is 49.9 Å². The molecule has 2 aliphatic heterocycles. The fourth-order valence-corrected chi connectivity index (χ4v) is 5.73. The summed E-state index contributed by atoms with van der Waals surface area (Å²) in [7, 11) is 4.01. The van der Waals surface area contributed by atoms with Crippen molar-refractivity contribution < 1.29 is 14.3 Å². The fourth-order valence-electron chi connectivity index (χ4n) is 5.73. The molecular formula is C24H34N2O3. The molecule has 3 fully saturated rings. The van der Waals surface area contributed by atoms with Crippen molar-refractivity contribution in [2.75, 3.05) is 33.7 Å². The van der Waals surface area contributed by atoms with Gasteiger partial charge in [-0.25, -0.2) is 0 Å². The van der Waals surface area contributed by atoms with Crippen LogP contribution in [0.1, 0.15) is 56.9 Å². The summed E-state index contributed by atoms with van der Waals surface area (Å²) in [5.41, 5.74) is 0.397. The molecule has 1 aliphatic carbocycles.